The highest BCUT2D eigenvalue weighted by Gasteiger charge is 2.16. The number of pyridine rings is 2. The molecule has 0 saturated carbocycles. The Morgan fingerprint density at radius 1 is 0.667 bits per heavy atom. The summed E-state index contributed by atoms with van der Waals surface area (Å²) >= 11 is 0. The predicted molar refractivity (Wildman–Crippen MR) is 113 cm³/mol. The predicted octanol–water partition coefficient (Wildman–Crippen LogP) is 4.15. The summed E-state index contributed by atoms with van der Waals surface area (Å²) in [4.78, 5) is 18.3. The van der Waals surface area contributed by atoms with Crippen molar-refractivity contribution in [2.45, 2.75) is 4.90 Å². The van der Waals surface area contributed by atoms with Crippen LogP contribution in [0.2, 0.25) is 0 Å². The highest BCUT2D eigenvalue weighted by Crippen LogP contribution is 2.31. The third-order valence-corrected chi connectivity index (χ3v) is 5.56. The summed E-state index contributed by atoms with van der Waals surface area (Å²) in [5.41, 5.74) is 3.73. The molecule has 0 atom stereocenters. The van der Waals surface area contributed by atoms with E-state index in [9.17, 15) is 13.0 Å². The highest BCUT2D eigenvalue weighted by atomic mass is 32.2. The Morgan fingerprint density at radius 3 is 1.73 bits per heavy atom. The average Bonchev–Trinajstić information content (AvgIpc) is 2.77. The smallest absolute Gasteiger partial charge is 0.282 e. The molecule has 1 N–H and O–H groups in total. The van der Waals surface area contributed by atoms with Crippen LogP contribution >= 0.6 is 0 Å². The fourth-order valence-electron chi connectivity index (χ4n) is 3.30. The lowest BCUT2D eigenvalue weighted by Crippen LogP contribution is -1.99. The van der Waals surface area contributed by atoms with Gasteiger partial charge in [0.1, 0.15) is 11.4 Å². The van der Waals surface area contributed by atoms with Gasteiger partial charge in [-0.15, -0.1) is 0 Å². The number of benzene rings is 2. The van der Waals surface area contributed by atoms with Gasteiger partial charge in [-0.05, 0) is 59.3 Å². The summed E-state index contributed by atoms with van der Waals surface area (Å²) in [5, 5.41) is 1.41. The van der Waals surface area contributed by atoms with Crippen molar-refractivity contribution in [2.75, 3.05) is 0 Å². The summed E-state index contributed by atoms with van der Waals surface area (Å²) < 4.78 is 32.3. The molecule has 7 nitrogen and oxygen atoms in total. The molecule has 30 heavy (non-hydrogen) atoms. The van der Waals surface area contributed by atoms with Crippen LogP contribution in [-0.4, -0.2) is 32.9 Å². The Hall–Kier alpha value is -3.75. The minimum Gasteiger partial charge on any atom is -0.282 e. The van der Waals surface area contributed by atoms with E-state index in [1.165, 1.54) is 12.1 Å². The molecule has 5 aromatic rings. The number of fused-ring (bicyclic) bond motifs is 2. The molecule has 0 unspecified atom stereocenters. The molecule has 3 heterocycles. The van der Waals surface area contributed by atoms with E-state index in [1.54, 1.807) is 24.5 Å². The van der Waals surface area contributed by atoms with Gasteiger partial charge < -0.3 is 0 Å². The number of nitrogens with zero attached hydrogens (tertiary/aromatic N) is 4. The molecule has 0 spiro atoms. The molecule has 146 valence electrons. The fourth-order valence-corrected chi connectivity index (χ4v) is 3.82. The normalized spacial score (nSPS) is 11.8. The van der Waals surface area contributed by atoms with E-state index in [2.05, 4.69) is 9.97 Å². The van der Waals surface area contributed by atoms with E-state index < -0.39 is 10.1 Å². The van der Waals surface area contributed by atoms with Crippen LogP contribution in [-0.2, 0) is 10.1 Å². The summed E-state index contributed by atoms with van der Waals surface area (Å²) in [5.74, 6) is 0. The molecular formula is C22H14N4O3S. The summed E-state index contributed by atoms with van der Waals surface area (Å²) in [6, 6.07) is 19.1. The Bertz CT molecular complexity index is 1510. The number of hydrogen-bond donors (Lipinski definition) is 1. The average molecular weight is 414 g/mol. The second-order valence-electron chi connectivity index (χ2n) is 6.68. The fraction of sp³-hybridized carbons (Fsp3) is 0. The van der Waals surface area contributed by atoms with E-state index in [-0.39, 0.29) is 4.90 Å². The Morgan fingerprint density at radius 2 is 1.23 bits per heavy atom. The maximum atomic E-state index is 11.5. The van der Waals surface area contributed by atoms with Crippen molar-refractivity contribution >= 4 is 31.9 Å². The van der Waals surface area contributed by atoms with Crippen molar-refractivity contribution in [3.63, 3.8) is 0 Å². The van der Waals surface area contributed by atoms with E-state index in [1.807, 2.05) is 42.5 Å². The zero-order valence-electron chi connectivity index (χ0n) is 15.5. The first-order valence-electron chi connectivity index (χ1n) is 9.05. The largest absolute Gasteiger partial charge is 0.294 e. The van der Waals surface area contributed by atoms with Crippen molar-refractivity contribution in [3.8, 4) is 22.8 Å². The van der Waals surface area contributed by atoms with Crippen LogP contribution in [0.25, 0.3) is 44.6 Å². The maximum absolute atomic E-state index is 11.5. The molecule has 0 radical (unpaired) electrons. The van der Waals surface area contributed by atoms with Crippen molar-refractivity contribution < 1.29 is 13.0 Å². The van der Waals surface area contributed by atoms with Gasteiger partial charge in [-0.1, -0.05) is 18.2 Å². The summed E-state index contributed by atoms with van der Waals surface area (Å²) in [6.45, 7) is 0. The standard InChI is InChI=1S/C22H14N4O3S/c27-30(28,29)16-8-7-14-12-19-20(13-15(14)11-16)26-22(18-6-2-4-10-24-18)21(25-19)17-5-1-3-9-23-17/h1-13H,(H,27,28,29). The zero-order chi connectivity index (χ0) is 20.7. The highest BCUT2D eigenvalue weighted by molar-refractivity contribution is 7.85. The summed E-state index contributed by atoms with van der Waals surface area (Å²) in [7, 11) is -4.30. The van der Waals surface area contributed by atoms with Crippen LogP contribution in [0.5, 0.6) is 0 Å². The lowest BCUT2D eigenvalue weighted by Gasteiger charge is -2.10. The molecule has 0 aliphatic rings. The number of hydrogen-bond acceptors (Lipinski definition) is 6. The Balaban J connectivity index is 1.82. The number of aromatic nitrogens is 4. The van der Waals surface area contributed by atoms with Crippen molar-refractivity contribution in [1.82, 2.24) is 19.9 Å². The van der Waals surface area contributed by atoms with Gasteiger partial charge in [0.25, 0.3) is 10.1 Å². The van der Waals surface area contributed by atoms with E-state index >= 15 is 0 Å². The first-order valence-corrected chi connectivity index (χ1v) is 10.5. The minimum absolute atomic E-state index is 0.169. The Kier molecular flexibility index (Phi) is 4.23. The van der Waals surface area contributed by atoms with Crippen molar-refractivity contribution in [3.05, 3.63) is 79.1 Å². The van der Waals surface area contributed by atoms with E-state index in [0.717, 1.165) is 5.39 Å². The minimum atomic E-state index is -4.30. The Labute approximate surface area is 171 Å². The third kappa shape index (κ3) is 3.28. The molecule has 0 aliphatic heterocycles. The molecule has 0 amide bonds. The SMILES string of the molecule is O=S(=O)(O)c1ccc2cc3nc(-c4ccccn4)c(-c4ccccn4)nc3cc2c1. The molecule has 0 saturated heterocycles. The molecule has 2 aromatic carbocycles. The van der Waals surface area contributed by atoms with E-state index in [0.29, 0.717) is 39.2 Å². The summed E-state index contributed by atoms with van der Waals surface area (Å²) in [6.07, 6.45) is 3.38. The molecule has 5 rings (SSSR count). The quantitative estimate of drug-likeness (QED) is 0.349. The van der Waals surface area contributed by atoms with Crippen LogP contribution in [0.1, 0.15) is 0 Å². The first-order chi connectivity index (χ1) is 14.5. The first kappa shape index (κ1) is 18.3. The molecular weight excluding hydrogens is 400 g/mol. The molecule has 3 aromatic heterocycles. The molecule has 0 aliphatic carbocycles. The second kappa shape index (κ2) is 6.94. The van der Waals surface area contributed by atoms with Crippen molar-refractivity contribution in [2.24, 2.45) is 0 Å². The van der Waals surface area contributed by atoms with Gasteiger partial charge in [0.15, 0.2) is 0 Å². The van der Waals surface area contributed by atoms with Crippen LogP contribution in [0.4, 0.5) is 0 Å². The second-order valence-corrected chi connectivity index (χ2v) is 8.10. The van der Waals surface area contributed by atoms with Gasteiger partial charge in [-0.2, -0.15) is 8.42 Å². The zero-order valence-corrected chi connectivity index (χ0v) is 16.3. The molecule has 0 fully saturated rings. The van der Waals surface area contributed by atoms with Crippen LogP contribution in [0, 0.1) is 0 Å². The van der Waals surface area contributed by atoms with Crippen molar-refractivity contribution in [1.29, 1.82) is 0 Å². The lowest BCUT2D eigenvalue weighted by atomic mass is 10.1. The van der Waals surface area contributed by atoms with Gasteiger partial charge in [-0.25, -0.2) is 9.97 Å². The topological polar surface area (TPSA) is 106 Å². The third-order valence-electron chi connectivity index (χ3n) is 4.71. The maximum Gasteiger partial charge on any atom is 0.294 e. The van der Waals surface area contributed by atoms with Gasteiger partial charge in [0, 0.05) is 12.4 Å². The van der Waals surface area contributed by atoms with Gasteiger partial charge in [-0.3, -0.25) is 14.5 Å². The van der Waals surface area contributed by atoms with Gasteiger partial charge >= 0.3 is 0 Å². The van der Waals surface area contributed by atoms with Crippen LogP contribution < -0.4 is 0 Å². The van der Waals surface area contributed by atoms with Crippen LogP contribution in [0.3, 0.4) is 0 Å². The van der Waals surface area contributed by atoms with Crippen LogP contribution in [0.15, 0.2) is 84.0 Å². The lowest BCUT2D eigenvalue weighted by molar-refractivity contribution is 0.483. The number of rotatable bonds is 3. The van der Waals surface area contributed by atoms with E-state index in [4.69, 9.17) is 9.97 Å². The monoisotopic (exact) mass is 414 g/mol. The molecule has 8 heteroatoms. The van der Waals surface area contributed by atoms with Gasteiger partial charge in [0.05, 0.1) is 27.3 Å². The van der Waals surface area contributed by atoms with Gasteiger partial charge in [0.2, 0.25) is 0 Å². The molecule has 0 bridgehead atoms.